The minimum atomic E-state index is 0. The zero-order chi connectivity index (χ0) is 15.2. The molecule has 1 aromatic heterocycles. The zero-order valence-corrected chi connectivity index (χ0v) is 17.4. The van der Waals surface area contributed by atoms with Gasteiger partial charge in [0, 0.05) is 56.1 Å². The van der Waals surface area contributed by atoms with Crippen LogP contribution in [0.25, 0.3) is 0 Å². The average Bonchev–Trinajstić information content (AvgIpc) is 3.05. The van der Waals surface area contributed by atoms with Gasteiger partial charge in [-0.25, -0.2) is 0 Å². The summed E-state index contributed by atoms with van der Waals surface area (Å²) in [5.41, 5.74) is 1.25. The summed E-state index contributed by atoms with van der Waals surface area (Å²) in [5.74, 6) is 1.53. The van der Waals surface area contributed by atoms with Crippen molar-refractivity contribution in [3.8, 4) is 0 Å². The predicted octanol–water partition coefficient (Wildman–Crippen LogP) is 2.84. The first kappa shape index (κ1) is 19.8. The molecule has 0 radical (unpaired) electrons. The Morgan fingerprint density at radius 2 is 2.36 bits per heavy atom. The number of hydrogen-bond donors (Lipinski definition) is 1. The fourth-order valence-corrected chi connectivity index (χ4v) is 3.03. The molecule has 1 aromatic rings. The van der Waals surface area contributed by atoms with Gasteiger partial charge in [-0.2, -0.15) is 0 Å². The van der Waals surface area contributed by atoms with Gasteiger partial charge in [-0.1, -0.05) is 0 Å². The van der Waals surface area contributed by atoms with Crippen LogP contribution in [0.1, 0.15) is 19.0 Å². The molecule has 7 heteroatoms. The molecule has 2 rings (SSSR count). The first-order valence-corrected chi connectivity index (χ1v) is 8.27. The summed E-state index contributed by atoms with van der Waals surface area (Å²) in [6, 6.07) is 2.14. The van der Waals surface area contributed by atoms with E-state index in [9.17, 15) is 0 Å². The first-order valence-electron chi connectivity index (χ1n) is 7.48. The molecular weight excluding hydrogens is 459 g/mol. The highest BCUT2D eigenvalue weighted by molar-refractivity contribution is 14.0. The van der Waals surface area contributed by atoms with Crippen LogP contribution in [0.4, 0.5) is 0 Å². The monoisotopic (exact) mass is 484 g/mol. The predicted molar refractivity (Wildman–Crippen MR) is 105 cm³/mol. The Morgan fingerprint density at radius 3 is 2.91 bits per heavy atom. The van der Waals surface area contributed by atoms with E-state index >= 15 is 0 Å². The summed E-state index contributed by atoms with van der Waals surface area (Å²) in [7, 11) is 4.14. The zero-order valence-electron chi connectivity index (χ0n) is 13.5. The van der Waals surface area contributed by atoms with Gasteiger partial charge in [-0.15, -0.1) is 24.0 Å². The van der Waals surface area contributed by atoms with Gasteiger partial charge in [0.2, 0.25) is 0 Å². The highest BCUT2D eigenvalue weighted by Crippen LogP contribution is 2.15. The molecule has 1 saturated heterocycles. The van der Waals surface area contributed by atoms with Gasteiger partial charge in [0.15, 0.2) is 5.96 Å². The molecule has 1 unspecified atom stereocenters. The van der Waals surface area contributed by atoms with Crippen molar-refractivity contribution in [3.63, 3.8) is 0 Å². The first-order chi connectivity index (χ1) is 10.1. The maximum atomic E-state index is 5.41. The van der Waals surface area contributed by atoms with Crippen molar-refractivity contribution in [2.45, 2.75) is 19.9 Å². The molecule has 2 heterocycles. The molecule has 0 spiro atoms. The summed E-state index contributed by atoms with van der Waals surface area (Å²) >= 11 is 3.52. The maximum absolute atomic E-state index is 5.41. The Bertz CT molecular complexity index is 486. The Balaban J connectivity index is 0.00000242. The third-order valence-electron chi connectivity index (χ3n) is 3.69. The molecule has 5 nitrogen and oxygen atoms in total. The number of rotatable bonds is 5. The van der Waals surface area contributed by atoms with Crippen molar-refractivity contribution in [2.24, 2.45) is 18.0 Å². The third-order valence-corrected chi connectivity index (χ3v) is 4.13. The third kappa shape index (κ3) is 5.73. The van der Waals surface area contributed by atoms with E-state index in [1.54, 1.807) is 0 Å². The van der Waals surface area contributed by atoms with Gasteiger partial charge in [0.1, 0.15) is 0 Å². The summed E-state index contributed by atoms with van der Waals surface area (Å²) in [5, 5.41) is 3.37. The van der Waals surface area contributed by atoms with Gasteiger partial charge in [-0.3, -0.25) is 4.99 Å². The summed E-state index contributed by atoms with van der Waals surface area (Å²) < 4.78 is 8.66. The number of aryl methyl sites for hydroxylation is 1. The molecule has 0 saturated carbocycles. The number of aromatic nitrogens is 1. The fraction of sp³-hybridized carbons (Fsp3) is 0.667. The largest absolute Gasteiger partial charge is 0.381 e. The quantitative estimate of drug-likeness (QED) is 0.397. The van der Waals surface area contributed by atoms with Crippen LogP contribution in [0.15, 0.2) is 21.7 Å². The van der Waals surface area contributed by atoms with Gasteiger partial charge in [-0.05, 0) is 35.3 Å². The number of halogens is 2. The molecule has 1 aliphatic rings. The standard InChI is InChI=1S/C15H25BrN4O.HI/c1-4-17-15(18-8-12-5-6-21-11-12)20(3)10-14-7-13(16)9-19(14)2;/h7,9,12H,4-6,8,10-11H2,1-3H3,(H,17,18);1H. The highest BCUT2D eigenvalue weighted by Gasteiger charge is 2.16. The second-order valence-electron chi connectivity index (χ2n) is 5.54. The fourth-order valence-electron chi connectivity index (χ4n) is 2.45. The minimum absolute atomic E-state index is 0. The van der Waals surface area contributed by atoms with E-state index in [0.29, 0.717) is 5.92 Å². The molecule has 0 aliphatic carbocycles. The van der Waals surface area contributed by atoms with Gasteiger partial charge >= 0.3 is 0 Å². The SMILES string of the molecule is CCNC(=NCC1CCOC1)N(C)Cc1cc(Br)cn1C.I. The smallest absolute Gasteiger partial charge is 0.194 e. The summed E-state index contributed by atoms with van der Waals surface area (Å²) in [6.45, 7) is 6.36. The second-order valence-corrected chi connectivity index (χ2v) is 6.46. The molecule has 1 atom stereocenters. The summed E-state index contributed by atoms with van der Waals surface area (Å²) in [6.07, 6.45) is 3.19. The van der Waals surface area contributed by atoms with Gasteiger partial charge in [0.25, 0.3) is 0 Å². The van der Waals surface area contributed by atoms with Crippen molar-refractivity contribution in [1.82, 2.24) is 14.8 Å². The minimum Gasteiger partial charge on any atom is -0.381 e. The van der Waals surface area contributed by atoms with Gasteiger partial charge in [0.05, 0.1) is 13.2 Å². The van der Waals surface area contributed by atoms with Crippen LogP contribution in [0.5, 0.6) is 0 Å². The number of guanidine groups is 1. The lowest BCUT2D eigenvalue weighted by Gasteiger charge is -2.22. The molecule has 1 N–H and O–H groups in total. The van der Waals surface area contributed by atoms with E-state index in [-0.39, 0.29) is 24.0 Å². The number of nitrogens with zero attached hydrogens (tertiary/aromatic N) is 3. The van der Waals surface area contributed by atoms with Crippen LogP contribution in [0.3, 0.4) is 0 Å². The Morgan fingerprint density at radius 1 is 1.59 bits per heavy atom. The van der Waals surface area contributed by atoms with Crippen LogP contribution in [-0.4, -0.2) is 48.8 Å². The van der Waals surface area contributed by atoms with Crippen LogP contribution in [-0.2, 0) is 18.3 Å². The Kier molecular flexibility index (Phi) is 8.78. The van der Waals surface area contributed by atoms with E-state index in [1.807, 2.05) is 0 Å². The van der Waals surface area contributed by atoms with Crippen LogP contribution in [0.2, 0.25) is 0 Å². The van der Waals surface area contributed by atoms with Crippen molar-refractivity contribution >= 4 is 45.9 Å². The van der Waals surface area contributed by atoms with E-state index < -0.39 is 0 Å². The molecule has 1 fully saturated rings. The second kappa shape index (κ2) is 9.77. The Hall–Kier alpha value is -0.280. The van der Waals surface area contributed by atoms with Gasteiger partial charge < -0.3 is 19.5 Å². The van der Waals surface area contributed by atoms with Crippen molar-refractivity contribution in [3.05, 3.63) is 22.4 Å². The van der Waals surface area contributed by atoms with E-state index in [4.69, 9.17) is 9.73 Å². The van der Waals surface area contributed by atoms with E-state index in [2.05, 4.69) is 64.0 Å². The lowest BCUT2D eigenvalue weighted by atomic mass is 10.1. The molecule has 0 bridgehead atoms. The number of hydrogen-bond acceptors (Lipinski definition) is 2. The number of ether oxygens (including phenoxy) is 1. The number of aliphatic imine (C=N–C) groups is 1. The number of nitrogens with one attached hydrogen (secondary N) is 1. The molecule has 22 heavy (non-hydrogen) atoms. The van der Waals surface area contributed by atoms with E-state index in [0.717, 1.165) is 49.7 Å². The van der Waals surface area contributed by atoms with Crippen molar-refractivity contribution in [1.29, 1.82) is 0 Å². The van der Waals surface area contributed by atoms with Crippen LogP contribution >= 0.6 is 39.9 Å². The van der Waals surface area contributed by atoms with Crippen LogP contribution < -0.4 is 5.32 Å². The molecule has 1 aliphatic heterocycles. The highest BCUT2D eigenvalue weighted by atomic mass is 127. The maximum Gasteiger partial charge on any atom is 0.194 e. The van der Waals surface area contributed by atoms with Crippen molar-refractivity contribution in [2.75, 3.05) is 33.4 Å². The molecule has 0 amide bonds. The van der Waals surface area contributed by atoms with Crippen molar-refractivity contribution < 1.29 is 4.74 Å². The topological polar surface area (TPSA) is 41.8 Å². The van der Waals surface area contributed by atoms with E-state index in [1.165, 1.54) is 5.69 Å². The lowest BCUT2D eigenvalue weighted by Crippen LogP contribution is -2.39. The molecule has 126 valence electrons. The normalized spacial score (nSPS) is 18.2. The lowest BCUT2D eigenvalue weighted by molar-refractivity contribution is 0.187. The Labute approximate surface area is 158 Å². The summed E-state index contributed by atoms with van der Waals surface area (Å²) in [4.78, 5) is 6.93. The molecular formula is C15H26BrIN4O. The average molecular weight is 485 g/mol. The van der Waals surface area contributed by atoms with Crippen LogP contribution in [0, 0.1) is 5.92 Å². The molecule has 0 aromatic carbocycles.